The maximum atomic E-state index is 13.2. The summed E-state index contributed by atoms with van der Waals surface area (Å²) in [5, 5.41) is 0.524. The van der Waals surface area contributed by atoms with Gasteiger partial charge in [0.25, 0.3) is 11.3 Å². The first-order valence-corrected chi connectivity index (χ1v) is 8.12. The molecule has 1 unspecified atom stereocenters. The zero-order chi connectivity index (χ0) is 17.6. The zero-order valence-electron chi connectivity index (χ0n) is 12.4. The minimum absolute atomic E-state index is 0.0391. The molecule has 0 saturated carbocycles. The summed E-state index contributed by atoms with van der Waals surface area (Å²) in [5.41, 5.74) is 0.653. The molecule has 0 radical (unpaired) electrons. The van der Waals surface area contributed by atoms with Crippen LogP contribution in [-0.4, -0.2) is 13.7 Å². The predicted molar refractivity (Wildman–Crippen MR) is 89.8 cm³/mol. The highest BCUT2D eigenvalue weighted by atomic mass is 32.2. The number of oxazole rings is 1. The lowest BCUT2D eigenvalue weighted by Crippen LogP contribution is -2.02. The number of halogens is 1. The van der Waals surface area contributed by atoms with Crippen LogP contribution < -0.4 is 10.3 Å². The van der Waals surface area contributed by atoms with Crippen molar-refractivity contribution in [2.45, 2.75) is 0 Å². The molecule has 0 spiro atoms. The Kier molecular flexibility index (Phi) is 3.59. The highest BCUT2D eigenvalue weighted by Crippen LogP contribution is 2.26. The van der Waals surface area contributed by atoms with Crippen LogP contribution in [0, 0.1) is 5.82 Å². The van der Waals surface area contributed by atoms with Crippen molar-refractivity contribution in [3.63, 3.8) is 0 Å². The molecule has 25 heavy (non-hydrogen) atoms. The van der Waals surface area contributed by atoms with E-state index >= 15 is 0 Å². The number of hydrogen-bond donors (Lipinski definition) is 2. The van der Waals surface area contributed by atoms with Gasteiger partial charge in [-0.05, 0) is 30.3 Å². The average molecular weight is 360 g/mol. The summed E-state index contributed by atoms with van der Waals surface area (Å²) in [6.45, 7) is 0. The molecule has 126 valence electrons. The third-order valence-electron chi connectivity index (χ3n) is 3.52. The monoisotopic (exact) mass is 360 g/mol. The quantitative estimate of drug-likeness (QED) is 0.429. The van der Waals surface area contributed by atoms with Gasteiger partial charge in [0.15, 0.2) is 5.58 Å². The molecular formula is C16H9FN2O5S. The average Bonchev–Trinajstić information content (AvgIpc) is 2.96. The van der Waals surface area contributed by atoms with Crippen molar-refractivity contribution < 1.29 is 22.0 Å². The molecule has 0 aliphatic carbocycles. The Bertz CT molecular complexity index is 1200. The number of benzene rings is 2. The Labute approximate surface area is 141 Å². The van der Waals surface area contributed by atoms with Gasteiger partial charge >= 0.3 is 5.63 Å². The van der Waals surface area contributed by atoms with Crippen LogP contribution in [0.15, 0.2) is 56.1 Å². The first kappa shape index (κ1) is 15.5. The van der Waals surface area contributed by atoms with Crippen molar-refractivity contribution in [1.29, 1.82) is 0 Å². The van der Waals surface area contributed by atoms with E-state index in [1.165, 1.54) is 24.3 Å². The van der Waals surface area contributed by atoms with Gasteiger partial charge in [-0.1, -0.05) is 0 Å². The molecule has 0 aliphatic heterocycles. The van der Waals surface area contributed by atoms with E-state index in [1.54, 1.807) is 12.1 Å². The molecule has 4 aromatic rings. The van der Waals surface area contributed by atoms with Crippen LogP contribution in [0.3, 0.4) is 0 Å². The Hall–Kier alpha value is -3.04. The molecule has 2 aromatic carbocycles. The highest BCUT2D eigenvalue weighted by Gasteiger charge is 2.15. The summed E-state index contributed by atoms with van der Waals surface area (Å²) in [4.78, 5) is 16.4. The molecule has 9 heteroatoms. The van der Waals surface area contributed by atoms with Gasteiger partial charge in [-0.2, -0.15) is 0 Å². The van der Waals surface area contributed by atoms with Gasteiger partial charge in [0.05, 0.1) is 5.69 Å². The number of rotatable bonds is 3. The van der Waals surface area contributed by atoms with Gasteiger partial charge in [0.1, 0.15) is 22.5 Å². The Morgan fingerprint density at radius 1 is 1.08 bits per heavy atom. The second kappa shape index (κ2) is 5.80. The third kappa shape index (κ3) is 2.90. The van der Waals surface area contributed by atoms with Crippen molar-refractivity contribution in [3.8, 4) is 11.5 Å². The van der Waals surface area contributed by atoms with Gasteiger partial charge in [-0.3, -0.25) is 9.27 Å². The molecule has 0 amide bonds. The topological polar surface area (TPSA) is 106 Å². The fraction of sp³-hybridized carbons (Fsp3) is 0. The first-order valence-electron chi connectivity index (χ1n) is 7.01. The third-order valence-corrected chi connectivity index (χ3v) is 3.93. The smallest absolute Gasteiger partial charge is 0.349 e. The molecule has 0 fully saturated rings. The van der Waals surface area contributed by atoms with Crippen molar-refractivity contribution in [3.05, 3.63) is 58.7 Å². The summed E-state index contributed by atoms with van der Waals surface area (Å²) >= 11 is -2.22. The van der Waals surface area contributed by atoms with E-state index in [9.17, 15) is 13.4 Å². The number of nitrogens with zero attached hydrogens (tertiary/aromatic N) is 1. The maximum absolute atomic E-state index is 13.2. The van der Waals surface area contributed by atoms with Crippen LogP contribution in [0.2, 0.25) is 0 Å². The number of hydrogen-bond acceptors (Lipinski definition) is 5. The fourth-order valence-electron chi connectivity index (χ4n) is 2.44. The summed E-state index contributed by atoms with van der Waals surface area (Å²) in [6.07, 6.45) is 0. The van der Waals surface area contributed by atoms with E-state index in [4.69, 9.17) is 13.4 Å². The molecule has 2 N–H and O–H groups in total. The number of fused-ring (bicyclic) bond motifs is 2. The maximum Gasteiger partial charge on any atom is 0.349 e. The highest BCUT2D eigenvalue weighted by molar-refractivity contribution is 7.80. The van der Waals surface area contributed by atoms with Crippen LogP contribution in [0.4, 0.5) is 10.1 Å². The molecule has 4 rings (SSSR count). The second-order valence-corrected chi connectivity index (χ2v) is 5.88. The van der Waals surface area contributed by atoms with E-state index in [2.05, 4.69) is 9.71 Å². The summed E-state index contributed by atoms with van der Waals surface area (Å²) in [7, 11) is 0. The van der Waals surface area contributed by atoms with Crippen molar-refractivity contribution in [2.24, 2.45) is 0 Å². The van der Waals surface area contributed by atoms with E-state index in [0.717, 1.165) is 6.07 Å². The second-order valence-electron chi connectivity index (χ2n) is 5.18. The number of nitrogens with one attached hydrogen (secondary N) is 1. The van der Waals surface area contributed by atoms with Gasteiger partial charge in [0, 0.05) is 17.5 Å². The SMILES string of the molecule is O=c1oc2cc(F)ccc2cc1-c1nc2ccc(NS(=O)O)cc2o1. The number of aromatic nitrogens is 1. The van der Waals surface area contributed by atoms with Gasteiger partial charge in [0.2, 0.25) is 5.89 Å². The molecule has 2 aromatic heterocycles. The molecule has 7 nitrogen and oxygen atoms in total. The lowest BCUT2D eigenvalue weighted by Gasteiger charge is -1.99. The summed E-state index contributed by atoms with van der Waals surface area (Å²) in [6, 6.07) is 9.98. The van der Waals surface area contributed by atoms with Gasteiger partial charge in [-0.25, -0.2) is 18.4 Å². The van der Waals surface area contributed by atoms with Gasteiger partial charge in [-0.15, -0.1) is 0 Å². The Balaban J connectivity index is 1.85. The molecule has 2 heterocycles. The van der Waals surface area contributed by atoms with Crippen LogP contribution >= 0.6 is 0 Å². The summed E-state index contributed by atoms with van der Waals surface area (Å²) < 4.78 is 45.9. The standard InChI is InChI=1S/C16H9FN2O5S/c17-9-2-1-8-5-11(16(20)24-13(8)6-9)15-18-12-4-3-10(19-25(21)22)7-14(12)23-15/h1-7,19H,(H,21,22). The predicted octanol–water partition coefficient (Wildman–Crippen LogP) is 3.29. The number of anilines is 1. The lowest BCUT2D eigenvalue weighted by molar-refractivity contribution is 0.548. The molecule has 0 saturated heterocycles. The van der Waals surface area contributed by atoms with Crippen LogP contribution in [0.25, 0.3) is 33.5 Å². The fourth-order valence-corrected chi connectivity index (χ4v) is 2.77. The largest absolute Gasteiger partial charge is 0.436 e. The zero-order valence-corrected chi connectivity index (χ0v) is 13.2. The Morgan fingerprint density at radius 2 is 1.92 bits per heavy atom. The van der Waals surface area contributed by atoms with Gasteiger partial charge < -0.3 is 8.83 Å². The summed E-state index contributed by atoms with van der Waals surface area (Å²) in [5.74, 6) is -0.469. The Morgan fingerprint density at radius 3 is 2.72 bits per heavy atom. The first-order chi connectivity index (χ1) is 12.0. The van der Waals surface area contributed by atoms with Crippen LogP contribution in [0.1, 0.15) is 0 Å². The minimum Gasteiger partial charge on any atom is -0.436 e. The molecule has 1 atom stereocenters. The van der Waals surface area contributed by atoms with E-state index in [-0.39, 0.29) is 17.0 Å². The van der Waals surface area contributed by atoms with Crippen molar-refractivity contribution in [2.75, 3.05) is 4.72 Å². The molecule has 0 bridgehead atoms. The van der Waals surface area contributed by atoms with Crippen molar-refractivity contribution >= 4 is 39.0 Å². The minimum atomic E-state index is -2.22. The lowest BCUT2D eigenvalue weighted by atomic mass is 10.2. The molecule has 0 aliphatic rings. The van der Waals surface area contributed by atoms with Crippen molar-refractivity contribution in [1.82, 2.24) is 4.98 Å². The van der Waals surface area contributed by atoms with Crippen LogP contribution in [0.5, 0.6) is 0 Å². The van der Waals surface area contributed by atoms with Crippen LogP contribution in [-0.2, 0) is 11.3 Å². The van der Waals surface area contributed by atoms with E-state index in [0.29, 0.717) is 22.2 Å². The normalized spacial score (nSPS) is 12.6. The molecular weight excluding hydrogens is 351 g/mol. The van der Waals surface area contributed by atoms with E-state index in [1.807, 2.05) is 0 Å². The van der Waals surface area contributed by atoms with E-state index < -0.39 is 22.7 Å².